The summed E-state index contributed by atoms with van der Waals surface area (Å²) in [5.41, 5.74) is 6.62. The van der Waals surface area contributed by atoms with Gasteiger partial charge in [-0.05, 0) is 18.5 Å². The largest absolute Gasteiger partial charge is 0.398 e. The first-order valence-corrected chi connectivity index (χ1v) is 3.12. The van der Waals surface area contributed by atoms with Gasteiger partial charge in [-0.15, -0.1) is 0 Å². The Balaban J connectivity index is 3.27. The molecule has 0 aliphatic rings. The third-order valence-corrected chi connectivity index (χ3v) is 1.72. The van der Waals surface area contributed by atoms with Crippen molar-refractivity contribution in [2.75, 3.05) is 5.73 Å². The SMILES string of the molecule is [C-]#[N+]c1c(C)nsc1N. The quantitative estimate of drug-likeness (QED) is 0.554. The van der Waals surface area contributed by atoms with Crippen LogP contribution in [0.3, 0.4) is 0 Å². The monoisotopic (exact) mass is 139 g/mol. The molecule has 0 atom stereocenters. The first-order valence-electron chi connectivity index (χ1n) is 2.35. The van der Waals surface area contributed by atoms with E-state index in [4.69, 9.17) is 12.3 Å². The predicted molar refractivity (Wildman–Crippen MR) is 37.5 cm³/mol. The van der Waals surface area contributed by atoms with Crippen LogP contribution in [0.15, 0.2) is 0 Å². The Morgan fingerprint density at radius 1 is 1.78 bits per heavy atom. The van der Waals surface area contributed by atoms with Crippen LogP contribution in [-0.2, 0) is 0 Å². The lowest BCUT2D eigenvalue weighted by Crippen LogP contribution is -1.76. The van der Waals surface area contributed by atoms with Crippen LogP contribution in [0.4, 0.5) is 10.7 Å². The molecule has 3 nitrogen and oxygen atoms in total. The van der Waals surface area contributed by atoms with Gasteiger partial charge in [-0.1, -0.05) is 0 Å². The summed E-state index contributed by atoms with van der Waals surface area (Å²) in [6.45, 7) is 8.43. The molecule has 1 aromatic heterocycles. The van der Waals surface area contributed by atoms with Crippen molar-refractivity contribution >= 4 is 22.2 Å². The van der Waals surface area contributed by atoms with E-state index in [2.05, 4.69) is 9.22 Å². The molecule has 46 valence electrons. The standard InChI is InChI=1S/C5H5N3S/c1-3-4(7-2)5(6)9-8-3/h6H2,1H3. The fourth-order valence-corrected chi connectivity index (χ4v) is 1.12. The number of hydrogen-bond acceptors (Lipinski definition) is 3. The lowest BCUT2D eigenvalue weighted by molar-refractivity contribution is 1.36. The van der Waals surface area contributed by atoms with Gasteiger partial charge in [-0.2, -0.15) is 0 Å². The fourth-order valence-electron chi connectivity index (χ4n) is 0.518. The molecule has 1 heterocycles. The molecule has 0 bridgehead atoms. The topological polar surface area (TPSA) is 43.3 Å². The molecule has 2 N–H and O–H groups in total. The molecule has 0 saturated heterocycles. The molecule has 0 saturated carbocycles. The molecule has 0 unspecified atom stereocenters. The fraction of sp³-hybridized carbons (Fsp3) is 0.200. The zero-order valence-electron chi connectivity index (χ0n) is 4.88. The van der Waals surface area contributed by atoms with Gasteiger partial charge in [0.15, 0.2) is 0 Å². The maximum atomic E-state index is 6.65. The van der Waals surface area contributed by atoms with Gasteiger partial charge < -0.3 is 5.73 Å². The van der Waals surface area contributed by atoms with Gasteiger partial charge in [0, 0.05) is 0 Å². The molecule has 9 heavy (non-hydrogen) atoms. The Morgan fingerprint density at radius 3 is 2.67 bits per heavy atom. The summed E-state index contributed by atoms with van der Waals surface area (Å²) >= 11 is 1.17. The molecule has 0 amide bonds. The zero-order valence-corrected chi connectivity index (χ0v) is 5.70. The Bertz CT molecular complexity index is 238. The molecule has 0 aliphatic heterocycles. The van der Waals surface area contributed by atoms with Crippen molar-refractivity contribution < 1.29 is 0 Å². The molecule has 0 spiro atoms. The van der Waals surface area contributed by atoms with Crippen LogP contribution in [-0.4, -0.2) is 4.37 Å². The second kappa shape index (κ2) is 2.03. The summed E-state index contributed by atoms with van der Waals surface area (Å²) in [5.74, 6) is 0. The smallest absolute Gasteiger partial charge is 0.242 e. The van der Waals surface area contributed by atoms with Crippen LogP contribution in [0.2, 0.25) is 0 Å². The number of aromatic nitrogens is 1. The van der Waals surface area contributed by atoms with Crippen LogP contribution in [0, 0.1) is 13.5 Å². The zero-order chi connectivity index (χ0) is 6.85. The number of nitrogen functional groups attached to an aromatic ring is 1. The Kier molecular flexibility index (Phi) is 1.37. The van der Waals surface area contributed by atoms with Crippen LogP contribution in [0.5, 0.6) is 0 Å². The highest BCUT2D eigenvalue weighted by molar-refractivity contribution is 7.10. The van der Waals surface area contributed by atoms with Gasteiger partial charge in [0.2, 0.25) is 5.69 Å². The van der Waals surface area contributed by atoms with Crippen LogP contribution >= 0.6 is 11.5 Å². The molecule has 0 fully saturated rings. The highest BCUT2D eigenvalue weighted by atomic mass is 32.1. The Hall–Kier alpha value is -1.08. The van der Waals surface area contributed by atoms with Crippen molar-refractivity contribution in [2.45, 2.75) is 6.92 Å². The van der Waals surface area contributed by atoms with Gasteiger partial charge >= 0.3 is 0 Å². The van der Waals surface area contributed by atoms with E-state index in [9.17, 15) is 0 Å². The number of nitrogens with zero attached hydrogens (tertiary/aromatic N) is 2. The number of rotatable bonds is 0. The lowest BCUT2D eigenvalue weighted by Gasteiger charge is -1.81. The van der Waals surface area contributed by atoms with E-state index in [1.165, 1.54) is 11.5 Å². The van der Waals surface area contributed by atoms with Crippen LogP contribution in [0.1, 0.15) is 5.69 Å². The molecular formula is C5H5N3S. The summed E-state index contributed by atoms with van der Waals surface area (Å²) < 4.78 is 3.89. The number of anilines is 1. The van der Waals surface area contributed by atoms with Gasteiger partial charge in [-0.3, -0.25) is 0 Å². The maximum absolute atomic E-state index is 6.65. The summed E-state index contributed by atoms with van der Waals surface area (Å²) in [6.07, 6.45) is 0. The van der Waals surface area contributed by atoms with Gasteiger partial charge in [0.1, 0.15) is 5.00 Å². The third-order valence-electron chi connectivity index (χ3n) is 0.969. The Labute approximate surface area is 57.1 Å². The second-order valence-electron chi connectivity index (χ2n) is 1.59. The van der Waals surface area contributed by atoms with Crippen molar-refractivity contribution in [3.8, 4) is 0 Å². The van der Waals surface area contributed by atoms with E-state index in [0.29, 0.717) is 10.7 Å². The second-order valence-corrected chi connectivity index (χ2v) is 2.40. The summed E-state index contributed by atoms with van der Waals surface area (Å²) in [4.78, 5) is 3.20. The van der Waals surface area contributed by atoms with Gasteiger partial charge in [0.25, 0.3) is 0 Å². The number of hydrogen-bond donors (Lipinski definition) is 1. The van der Waals surface area contributed by atoms with E-state index in [-0.39, 0.29) is 0 Å². The van der Waals surface area contributed by atoms with Crippen molar-refractivity contribution in [1.82, 2.24) is 4.37 Å². The average Bonchev–Trinajstić information content (AvgIpc) is 2.12. The molecule has 0 aliphatic carbocycles. The first-order chi connectivity index (χ1) is 4.25. The highest BCUT2D eigenvalue weighted by Crippen LogP contribution is 2.29. The Morgan fingerprint density at radius 2 is 2.44 bits per heavy atom. The summed E-state index contributed by atoms with van der Waals surface area (Å²) in [7, 11) is 0. The normalized spacial score (nSPS) is 8.89. The summed E-state index contributed by atoms with van der Waals surface area (Å²) in [5, 5.41) is 0.516. The molecule has 4 heteroatoms. The van der Waals surface area contributed by atoms with Gasteiger partial charge in [-0.25, -0.2) is 9.22 Å². The van der Waals surface area contributed by atoms with E-state index >= 15 is 0 Å². The highest BCUT2D eigenvalue weighted by Gasteiger charge is 2.04. The maximum Gasteiger partial charge on any atom is 0.242 e. The van der Waals surface area contributed by atoms with Crippen molar-refractivity contribution in [2.24, 2.45) is 0 Å². The van der Waals surface area contributed by atoms with E-state index in [1.54, 1.807) is 6.92 Å². The minimum Gasteiger partial charge on any atom is -0.398 e. The minimum absolute atomic E-state index is 0.500. The van der Waals surface area contributed by atoms with Crippen molar-refractivity contribution in [1.29, 1.82) is 0 Å². The van der Waals surface area contributed by atoms with Crippen LogP contribution < -0.4 is 5.73 Å². The lowest BCUT2D eigenvalue weighted by atomic mass is 10.4. The predicted octanol–water partition coefficient (Wildman–Crippen LogP) is 1.58. The van der Waals surface area contributed by atoms with Crippen molar-refractivity contribution in [3.63, 3.8) is 0 Å². The van der Waals surface area contributed by atoms with Crippen LogP contribution in [0.25, 0.3) is 4.85 Å². The molecular weight excluding hydrogens is 134 g/mol. The third kappa shape index (κ3) is 0.864. The van der Waals surface area contributed by atoms with Gasteiger partial charge in [0.05, 0.1) is 12.3 Å². The van der Waals surface area contributed by atoms with E-state index in [1.807, 2.05) is 0 Å². The molecule has 1 rings (SSSR count). The average molecular weight is 139 g/mol. The minimum atomic E-state index is 0.500. The molecule has 0 aromatic carbocycles. The first kappa shape index (κ1) is 6.05. The summed E-state index contributed by atoms with van der Waals surface area (Å²) in [6, 6.07) is 0. The van der Waals surface area contributed by atoms with E-state index in [0.717, 1.165) is 5.69 Å². The van der Waals surface area contributed by atoms with Crippen molar-refractivity contribution in [3.05, 3.63) is 17.1 Å². The number of aryl methyl sites for hydroxylation is 1. The number of nitrogens with two attached hydrogens (primary N) is 1. The van der Waals surface area contributed by atoms with E-state index < -0.39 is 0 Å². The molecule has 1 aromatic rings. The molecule has 0 radical (unpaired) electrons.